The average Bonchev–Trinajstić information content (AvgIpc) is 2.99. The number of urea groups is 1. The molecule has 0 aliphatic carbocycles. The highest BCUT2D eigenvalue weighted by Crippen LogP contribution is 2.29. The minimum absolute atomic E-state index is 0.0944. The summed E-state index contributed by atoms with van der Waals surface area (Å²) in [6, 6.07) is -0.368. The molecule has 1 aromatic heterocycles. The molecule has 0 bridgehead atoms. The van der Waals surface area contributed by atoms with Crippen molar-refractivity contribution >= 4 is 17.8 Å². The van der Waals surface area contributed by atoms with Gasteiger partial charge in [0.1, 0.15) is 5.54 Å². The SMILES string of the molecule is CN1C(=O)NC2(CCN(C(=O)c3cnn(C)c3)CC2)C1=O. The molecule has 2 aliphatic heterocycles. The van der Waals surface area contributed by atoms with Gasteiger partial charge >= 0.3 is 6.03 Å². The largest absolute Gasteiger partial charge is 0.338 e. The van der Waals surface area contributed by atoms with Crippen LogP contribution in [0.5, 0.6) is 0 Å². The van der Waals surface area contributed by atoms with E-state index in [0.717, 1.165) is 4.90 Å². The van der Waals surface area contributed by atoms with Crippen LogP contribution in [0, 0.1) is 0 Å². The maximum absolute atomic E-state index is 12.3. The van der Waals surface area contributed by atoms with Crippen molar-refractivity contribution in [1.29, 1.82) is 0 Å². The van der Waals surface area contributed by atoms with Gasteiger partial charge in [-0.05, 0) is 12.8 Å². The third kappa shape index (κ3) is 2.07. The van der Waals surface area contributed by atoms with Gasteiger partial charge in [0.2, 0.25) is 0 Å². The van der Waals surface area contributed by atoms with Crippen molar-refractivity contribution in [1.82, 2.24) is 24.9 Å². The first kappa shape index (κ1) is 13.6. The first-order valence-electron chi connectivity index (χ1n) is 6.81. The van der Waals surface area contributed by atoms with Crippen molar-refractivity contribution in [2.75, 3.05) is 20.1 Å². The van der Waals surface area contributed by atoms with E-state index in [1.165, 1.54) is 13.2 Å². The van der Waals surface area contributed by atoms with E-state index in [1.54, 1.807) is 22.8 Å². The lowest BCUT2D eigenvalue weighted by Gasteiger charge is -2.37. The number of nitrogens with one attached hydrogen (secondary N) is 1. The summed E-state index contributed by atoms with van der Waals surface area (Å²) in [7, 11) is 3.23. The van der Waals surface area contributed by atoms with Gasteiger partial charge in [-0.3, -0.25) is 19.2 Å². The Hall–Kier alpha value is -2.38. The van der Waals surface area contributed by atoms with Gasteiger partial charge in [-0.25, -0.2) is 4.79 Å². The highest BCUT2D eigenvalue weighted by molar-refractivity contribution is 6.07. The Kier molecular flexibility index (Phi) is 2.96. The number of piperidine rings is 1. The third-order valence-corrected chi connectivity index (χ3v) is 4.22. The minimum atomic E-state index is -0.836. The molecule has 3 heterocycles. The van der Waals surface area contributed by atoms with Crippen molar-refractivity contribution in [3.63, 3.8) is 0 Å². The van der Waals surface area contributed by atoms with Gasteiger partial charge in [0.15, 0.2) is 0 Å². The molecule has 0 atom stereocenters. The topological polar surface area (TPSA) is 87.5 Å². The Morgan fingerprint density at radius 1 is 1.29 bits per heavy atom. The first-order chi connectivity index (χ1) is 9.93. The van der Waals surface area contributed by atoms with Crippen LogP contribution in [0.15, 0.2) is 12.4 Å². The fraction of sp³-hybridized carbons (Fsp3) is 0.538. The minimum Gasteiger partial charge on any atom is -0.338 e. The van der Waals surface area contributed by atoms with E-state index in [4.69, 9.17) is 0 Å². The lowest BCUT2D eigenvalue weighted by Crippen LogP contribution is -2.55. The number of hydrogen-bond donors (Lipinski definition) is 1. The van der Waals surface area contributed by atoms with Gasteiger partial charge in [-0.15, -0.1) is 0 Å². The molecule has 0 radical (unpaired) electrons. The monoisotopic (exact) mass is 291 g/mol. The molecule has 0 aromatic carbocycles. The molecular weight excluding hydrogens is 274 g/mol. The van der Waals surface area contributed by atoms with Crippen LogP contribution < -0.4 is 5.32 Å². The summed E-state index contributed by atoms with van der Waals surface area (Å²) in [6.07, 6.45) is 4.08. The molecule has 1 aromatic rings. The van der Waals surface area contributed by atoms with Crippen molar-refractivity contribution in [2.45, 2.75) is 18.4 Å². The second-order valence-electron chi connectivity index (χ2n) is 5.57. The molecule has 2 fully saturated rings. The lowest BCUT2D eigenvalue weighted by molar-refractivity contribution is -0.131. The van der Waals surface area contributed by atoms with Crippen molar-refractivity contribution in [3.8, 4) is 0 Å². The number of nitrogens with zero attached hydrogens (tertiary/aromatic N) is 4. The molecule has 1 N–H and O–H groups in total. The summed E-state index contributed by atoms with van der Waals surface area (Å²) in [5.74, 6) is -0.302. The van der Waals surface area contributed by atoms with Gasteiger partial charge in [0.25, 0.3) is 11.8 Å². The zero-order valence-corrected chi connectivity index (χ0v) is 12.0. The molecule has 8 nitrogen and oxygen atoms in total. The van der Waals surface area contributed by atoms with E-state index in [-0.39, 0.29) is 17.8 Å². The number of likely N-dealkylation sites (tertiary alicyclic amines) is 1. The normalized spacial score (nSPS) is 21.0. The summed E-state index contributed by atoms with van der Waals surface area (Å²) in [5, 5.41) is 6.74. The number of rotatable bonds is 1. The van der Waals surface area contributed by atoms with Crippen LogP contribution in [0.1, 0.15) is 23.2 Å². The first-order valence-corrected chi connectivity index (χ1v) is 6.81. The molecule has 21 heavy (non-hydrogen) atoms. The second-order valence-corrected chi connectivity index (χ2v) is 5.57. The molecule has 0 saturated carbocycles. The number of aromatic nitrogens is 2. The van der Waals surface area contributed by atoms with E-state index in [9.17, 15) is 14.4 Å². The van der Waals surface area contributed by atoms with Crippen LogP contribution in [0.3, 0.4) is 0 Å². The summed E-state index contributed by atoms with van der Waals surface area (Å²) in [4.78, 5) is 38.9. The van der Waals surface area contributed by atoms with E-state index in [0.29, 0.717) is 31.5 Å². The van der Waals surface area contributed by atoms with Crippen LogP contribution >= 0.6 is 0 Å². The number of imide groups is 1. The van der Waals surface area contributed by atoms with Gasteiger partial charge in [-0.2, -0.15) is 5.10 Å². The Balaban J connectivity index is 1.70. The Morgan fingerprint density at radius 3 is 2.43 bits per heavy atom. The lowest BCUT2D eigenvalue weighted by atomic mass is 9.87. The number of likely N-dealkylation sites (N-methyl/N-ethyl adjacent to an activating group) is 1. The van der Waals surface area contributed by atoms with E-state index >= 15 is 0 Å². The molecule has 1 spiro atoms. The quantitative estimate of drug-likeness (QED) is 0.712. The van der Waals surface area contributed by atoms with Crippen molar-refractivity contribution in [2.24, 2.45) is 7.05 Å². The van der Waals surface area contributed by atoms with E-state index in [2.05, 4.69) is 10.4 Å². The number of hydrogen-bond acceptors (Lipinski definition) is 4. The summed E-state index contributed by atoms with van der Waals surface area (Å²) in [5.41, 5.74) is -0.301. The molecule has 2 saturated heterocycles. The number of carbonyl (C=O) groups is 3. The van der Waals surface area contributed by atoms with Crippen LogP contribution in [0.2, 0.25) is 0 Å². The maximum atomic E-state index is 12.3. The molecule has 8 heteroatoms. The molecule has 3 rings (SSSR count). The number of carbonyl (C=O) groups excluding carboxylic acids is 3. The maximum Gasteiger partial charge on any atom is 0.324 e. The number of aryl methyl sites for hydroxylation is 1. The van der Waals surface area contributed by atoms with Crippen LogP contribution in [-0.4, -0.2) is 63.1 Å². The van der Waals surface area contributed by atoms with E-state index < -0.39 is 5.54 Å². The van der Waals surface area contributed by atoms with Crippen LogP contribution in [-0.2, 0) is 11.8 Å². The smallest absolute Gasteiger partial charge is 0.324 e. The van der Waals surface area contributed by atoms with Crippen molar-refractivity contribution < 1.29 is 14.4 Å². The Labute approximate surface area is 121 Å². The zero-order chi connectivity index (χ0) is 15.2. The average molecular weight is 291 g/mol. The summed E-state index contributed by atoms with van der Waals surface area (Å²) in [6.45, 7) is 0.876. The van der Waals surface area contributed by atoms with Gasteiger partial charge in [-0.1, -0.05) is 0 Å². The zero-order valence-electron chi connectivity index (χ0n) is 12.0. The fourth-order valence-electron chi connectivity index (χ4n) is 2.90. The van der Waals surface area contributed by atoms with Gasteiger partial charge in [0.05, 0.1) is 11.8 Å². The summed E-state index contributed by atoms with van der Waals surface area (Å²) >= 11 is 0. The Bertz CT molecular complexity index is 615. The number of amides is 4. The third-order valence-electron chi connectivity index (χ3n) is 4.22. The van der Waals surface area contributed by atoms with Crippen LogP contribution in [0.25, 0.3) is 0 Å². The molecule has 4 amide bonds. The van der Waals surface area contributed by atoms with Crippen molar-refractivity contribution in [3.05, 3.63) is 18.0 Å². The van der Waals surface area contributed by atoms with Gasteiger partial charge in [0, 0.05) is 33.4 Å². The second kappa shape index (κ2) is 4.57. The molecule has 2 aliphatic rings. The highest BCUT2D eigenvalue weighted by Gasteiger charge is 2.51. The predicted octanol–water partition coefficient (Wildman–Crippen LogP) is -0.423. The standard InChI is InChI=1S/C13H17N5O3/c1-16-8-9(7-14-16)10(19)18-5-3-13(4-6-18)11(20)17(2)12(21)15-13/h7-8H,3-6H2,1-2H3,(H,15,21). The predicted molar refractivity (Wildman–Crippen MR) is 72.4 cm³/mol. The fourth-order valence-corrected chi connectivity index (χ4v) is 2.90. The highest BCUT2D eigenvalue weighted by atomic mass is 16.2. The summed E-state index contributed by atoms with van der Waals surface area (Å²) < 4.78 is 1.58. The van der Waals surface area contributed by atoms with Crippen LogP contribution in [0.4, 0.5) is 4.79 Å². The van der Waals surface area contributed by atoms with E-state index in [1.807, 2.05) is 0 Å². The Morgan fingerprint density at radius 2 is 1.95 bits per heavy atom. The molecular formula is C13H17N5O3. The molecule has 0 unspecified atom stereocenters. The van der Waals surface area contributed by atoms with Gasteiger partial charge < -0.3 is 10.2 Å². The molecule has 112 valence electrons.